The maximum absolute atomic E-state index is 10.6. The Hall–Kier alpha value is -1.71. The first-order chi connectivity index (χ1) is 10.2. The van der Waals surface area contributed by atoms with E-state index >= 15 is 0 Å². The van der Waals surface area contributed by atoms with Crippen molar-refractivity contribution in [1.29, 1.82) is 0 Å². The van der Waals surface area contributed by atoms with Gasteiger partial charge in [-0.15, -0.1) is 0 Å². The fourth-order valence-corrected chi connectivity index (χ4v) is 2.94. The number of aryl methyl sites for hydroxylation is 1. The van der Waals surface area contributed by atoms with Gasteiger partial charge in [0.2, 0.25) is 0 Å². The second kappa shape index (κ2) is 5.96. The molecule has 1 heterocycles. The molecule has 0 spiro atoms. The number of fused-ring (bicyclic) bond motifs is 1. The van der Waals surface area contributed by atoms with E-state index in [9.17, 15) is 5.11 Å². The molecule has 3 aromatic rings. The topological polar surface area (TPSA) is 33.1 Å². The first kappa shape index (κ1) is 14.2. The van der Waals surface area contributed by atoms with Gasteiger partial charge in [0, 0.05) is 9.86 Å². The number of pyridine rings is 1. The minimum Gasteiger partial charge on any atom is -0.382 e. The van der Waals surface area contributed by atoms with Crippen LogP contribution in [0, 0.1) is 0 Å². The first-order valence-corrected chi connectivity index (χ1v) is 7.80. The van der Waals surface area contributed by atoms with E-state index in [4.69, 9.17) is 0 Å². The van der Waals surface area contributed by atoms with Gasteiger partial charge in [-0.3, -0.25) is 0 Å². The summed E-state index contributed by atoms with van der Waals surface area (Å²) in [5.41, 5.74) is 3.66. The van der Waals surface area contributed by atoms with Gasteiger partial charge >= 0.3 is 0 Å². The highest BCUT2D eigenvalue weighted by atomic mass is 79.9. The van der Waals surface area contributed by atoms with Gasteiger partial charge in [-0.1, -0.05) is 49.4 Å². The average molecular weight is 342 g/mol. The summed E-state index contributed by atoms with van der Waals surface area (Å²) in [6.07, 6.45) is 0.267. The molecule has 0 amide bonds. The Kier molecular flexibility index (Phi) is 4.04. The lowest BCUT2D eigenvalue weighted by Gasteiger charge is -2.14. The Morgan fingerprint density at radius 3 is 2.52 bits per heavy atom. The largest absolute Gasteiger partial charge is 0.382 e. The fourth-order valence-electron chi connectivity index (χ4n) is 2.39. The molecule has 0 saturated heterocycles. The summed E-state index contributed by atoms with van der Waals surface area (Å²) in [6.45, 7) is 2.12. The molecule has 1 atom stereocenters. The highest BCUT2D eigenvalue weighted by molar-refractivity contribution is 9.10. The van der Waals surface area contributed by atoms with E-state index in [0.717, 1.165) is 27.4 Å². The van der Waals surface area contributed by atoms with Crippen molar-refractivity contribution in [3.05, 3.63) is 75.9 Å². The number of para-hydroxylation sites is 1. The van der Waals surface area contributed by atoms with E-state index in [2.05, 4.69) is 27.8 Å². The van der Waals surface area contributed by atoms with Crippen molar-refractivity contribution in [2.75, 3.05) is 0 Å². The molecule has 3 rings (SSSR count). The van der Waals surface area contributed by atoms with E-state index in [0.29, 0.717) is 5.69 Å². The lowest BCUT2D eigenvalue weighted by atomic mass is 10.0. The number of halogens is 1. The lowest BCUT2D eigenvalue weighted by Crippen LogP contribution is -2.04. The predicted octanol–water partition coefficient (Wildman–Crippen LogP) is 4.64. The second-order valence-corrected chi connectivity index (χ2v) is 5.90. The van der Waals surface area contributed by atoms with Crippen LogP contribution in [0.15, 0.2) is 59.1 Å². The summed E-state index contributed by atoms with van der Waals surface area (Å²) in [5.74, 6) is 0. The smallest absolute Gasteiger partial charge is 0.122 e. The first-order valence-electron chi connectivity index (χ1n) is 7.01. The standard InChI is InChI=1S/C18H16BrNO/c1-2-12-7-9-13(10-8-12)18(21)17-15(19)11-14-5-3-4-6-16(14)20-17/h3-11,18,21H,2H2,1H3. The van der Waals surface area contributed by atoms with Gasteiger partial charge < -0.3 is 5.11 Å². The van der Waals surface area contributed by atoms with Crippen molar-refractivity contribution in [2.45, 2.75) is 19.4 Å². The van der Waals surface area contributed by atoms with E-state index < -0.39 is 6.10 Å². The van der Waals surface area contributed by atoms with Crippen LogP contribution < -0.4 is 0 Å². The Morgan fingerprint density at radius 2 is 1.81 bits per heavy atom. The van der Waals surface area contributed by atoms with Crippen molar-refractivity contribution < 1.29 is 5.11 Å². The quantitative estimate of drug-likeness (QED) is 0.752. The summed E-state index contributed by atoms with van der Waals surface area (Å²) >= 11 is 3.52. The van der Waals surface area contributed by atoms with E-state index in [1.807, 2.05) is 54.6 Å². The number of hydrogen-bond donors (Lipinski definition) is 1. The third kappa shape index (κ3) is 2.85. The normalized spacial score (nSPS) is 12.5. The molecule has 3 heteroatoms. The molecule has 0 saturated carbocycles. The van der Waals surface area contributed by atoms with Crippen LogP contribution in [0.3, 0.4) is 0 Å². The number of rotatable bonds is 3. The summed E-state index contributed by atoms with van der Waals surface area (Å²) in [5, 5.41) is 11.7. The van der Waals surface area contributed by atoms with Crippen LogP contribution >= 0.6 is 15.9 Å². The molecule has 1 N–H and O–H groups in total. The van der Waals surface area contributed by atoms with Gasteiger partial charge in [0.15, 0.2) is 0 Å². The molecule has 0 radical (unpaired) electrons. The third-order valence-electron chi connectivity index (χ3n) is 3.67. The number of aliphatic hydroxyl groups is 1. The Bertz CT molecular complexity index is 768. The van der Waals surface area contributed by atoms with Crippen molar-refractivity contribution >= 4 is 26.8 Å². The Balaban J connectivity index is 2.03. The number of aromatic nitrogens is 1. The van der Waals surface area contributed by atoms with Crippen LogP contribution in [0.1, 0.15) is 29.8 Å². The SMILES string of the molecule is CCc1ccc(C(O)c2nc3ccccc3cc2Br)cc1. The molecule has 21 heavy (non-hydrogen) atoms. The summed E-state index contributed by atoms with van der Waals surface area (Å²) in [4.78, 5) is 4.60. The van der Waals surface area contributed by atoms with Crippen molar-refractivity contribution in [1.82, 2.24) is 4.98 Å². The zero-order valence-corrected chi connectivity index (χ0v) is 13.3. The van der Waals surface area contributed by atoms with Gasteiger partial charge in [0.1, 0.15) is 6.10 Å². The average Bonchev–Trinajstić information content (AvgIpc) is 2.53. The maximum atomic E-state index is 10.6. The Morgan fingerprint density at radius 1 is 1.10 bits per heavy atom. The van der Waals surface area contributed by atoms with Gasteiger partial charge in [0.25, 0.3) is 0 Å². The number of aliphatic hydroxyl groups excluding tert-OH is 1. The van der Waals surface area contributed by atoms with E-state index in [-0.39, 0.29) is 0 Å². The fraction of sp³-hybridized carbons (Fsp3) is 0.167. The van der Waals surface area contributed by atoms with Crippen LogP contribution in [0.5, 0.6) is 0 Å². The lowest BCUT2D eigenvalue weighted by molar-refractivity contribution is 0.215. The highest BCUT2D eigenvalue weighted by Gasteiger charge is 2.16. The van der Waals surface area contributed by atoms with Gasteiger partial charge in [0.05, 0.1) is 11.2 Å². The van der Waals surface area contributed by atoms with Crippen molar-refractivity contribution in [3.63, 3.8) is 0 Å². The van der Waals surface area contributed by atoms with Crippen LogP contribution in [-0.2, 0) is 6.42 Å². The van der Waals surface area contributed by atoms with Crippen LogP contribution in [0.4, 0.5) is 0 Å². The predicted molar refractivity (Wildman–Crippen MR) is 89.3 cm³/mol. The molecule has 0 aliphatic heterocycles. The van der Waals surface area contributed by atoms with Crippen molar-refractivity contribution in [2.24, 2.45) is 0 Å². The molecule has 0 aliphatic carbocycles. The van der Waals surface area contributed by atoms with Crippen molar-refractivity contribution in [3.8, 4) is 0 Å². The monoisotopic (exact) mass is 341 g/mol. The van der Waals surface area contributed by atoms with Gasteiger partial charge in [-0.05, 0) is 45.6 Å². The second-order valence-electron chi connectivity index (χ2n) is 5.05. The summed E-state index contributed by atoms with van der Waals surface area (Å²) in [6, 6.07) is 17.9. The Labute approximate surface area is 132 Å². The van der Waals surface area contributed by atoms with Crippen LogP contribution in [0.2, 0.25) is 0 Å². The zero-order chi connectivity index (χ0) is 14.8. The minimum atomic E-state index is -0.727. The number of benzene rings is 2. The zero-order valence-electron chi connectivity index (χ0n) is 11.8. The molecule has 0 bridgehead atoms. The molecule has 1 unspecified atom stereocenters. The molecule has 2 nitrogen and oxygen atoms in total. The molecular formula is C18H16BrNO. The van der Waals surface area contributed by atoms with Crippen LogP contribution in [-0.4, -0.2) is 10.1 Å². The third-order valence-corrected chi connectivity index (χ3v) is 4.30. The summed E-state index contributed by atoms with van der Waals surface area (Å²) in [7, 11) is 0. The van der Waals surface area contributed by atoms with Gasteiger partial charge in [-0.2, -0.15) is 0 Å². The van der Waals surface area contributed by atoms with Crippen LogP contribution in [0.25, 0.3) is 10.9 Å². The molecule has 0 fully saturated rings. The molecule has 2 aromatic carbocycles. The van der Waals surface area contributed by atoms with E-state index in [1.54, 1.807) is 0 Å². The summed E-state index contributed by atoms with van der Waals surface area (Å²) < 4.78 is 0.827. The highest BCUT2D eigenvalue weighted by Crippen LogP contribution is 2.29. The number of hydrogen-bond acceptors (Lipinski definition) is 2. The maximum Gasteiger partial charge on any atom is 0.122 e. The number of nitrogens with zero attached hydrogens (tertiary/aromatic N) is 1. The molecule has 1 aromatic heterocycles. The minimum absolute atomic E-state index is 0.651. The molecular weight excluding hydrogens is 326 g/mol. The van der Waals surface area contributed by atoms with E-state index in [1.165, 1.54) is 5.56 Å². The molecule has 0 aliphatic rings. The molecule has 106 valence electrons. The van der Waals surface area contributed by atoms with Gasteiger partial charge in [-0.25, -0.2) is 4.98 Å².